The van der Waals surface area contributed by atoms with Crippen molar-refractivity contribution in [3.05, 3.63) is 35.4 Å². The summed E-state index contributed by atoms with van der Waals surface area (Å²) < 4.78 is 59.4. The van der Waals surface area contributed by atoms with E-state index in [1.165, 1.54) is 12.1 Å². The van der Waals surface area contributed by atoms with Gasteiger partial charge in [-0.25, -0.2) is 8.42 Å². The fraction of sp³-hybridized carbons (Fsp3) is 0.455. The van der Waals surface area contributed by atoms with Gasteiger partial charge < -0.3 is 5.32 Å². The zero-order valence-corrected chi connectivity index (χ0v) is 10.8. The van der Waals surface area contributed by atoms with Gasteiger partial charge in [0.1, 0.15) is 9.84 Å². The molecule has 0 aliphatic heterocycles. The maximum Gasteiger partial charge on any atom is 0.416 e. The summed E-state index contributed by atoms with van der Waals surface area (Å²) in [6.07, 6.45) is -3.30. The van der Waals surface area contributed by atoms with Gasteiger partial charge in [0.2, 0.25) is 0 Å². The molecule has 1 aromatic rings. The van der Waals surface area contributed by atoms with Crippen LogP contribution in [0.5, 0.6) is 0 Å². The highest BCUT2D eigenvalue weighted by atomic mass is 32.2. The Morgan fingerprint density at radius 2 is 1.72 bits per heavy atom. The highest BCUT2D eigenvalue weighted by molar-refractivity contribution is 7.90. The van der Waals surface area contributed by atoms with Crippen molar-refractivity contribution in [2.75, 3.05) is 19.1 Å². The molecule has 3 nitrogen and oxygen atoms in total. The Morgan fingerprint density at radius 3 is 2.06 bits per heavy atom. The van der Waals surface area contributed by atoms with Crippen molar-refractivity contribution < 1.29 is 21.6 Å². The number of alkyl halides is 3. The number of nitrogens with one attached hydrogen (secondary N) is 1. The van der Waals surface area contributed by atoms with Gasteiger partial charge in [0.25, 0.3) is 0 Å². The number of hydrogen-bond donors (Lipinski definition) is 1. The normalized spacial score (nSPS) is 14.5. The molecular weight excluding hydrogens is 267 g/mol. The van der Waals surface area contributed by atoms with Gasteiger partial charge in [0.05, 0.1) is 11.3 Å². The van der Waals surface area contributed by atoms with Crippen LogP contribution in [0.25, 0.3) is 0 Å². The van der Waals surface area contributed by atoms with Gasteiger partial charge in [0, 0.05) is 12.3 Å². The van der Waals surface area contributed by atoms with Crippen LogP contribution < -0.4 is 5.32 Å². The molecule has 1 N–H and O–H groups in total. The summed E-state index contributed by atoms with van der Waals surface area (Å²) in [7, 11) is -1.64. The molecule has 0 spiro atoms. The average molecular weight is 281 g/mol. The first-order chi connectivity index (χ1) is 8.13. The summed E-state index contributed by atoms with van der Waals surface area (Å²) in [5.74, 6) is -0.158. The summed E-state index contributed by atoms with van der Waals surface area (Å²) in [6.45, 7) is 0. The summed E-state index contributed by atoms with van der Waals surface area (Å²) in [6, 6.07) is 3.95. The highest BCUT2D eigenvalue weighted by Gasteiger charge is 2.30. The third kappa shape index (κ3) is 4.30. The SMILES string of the molecule is CNC(CS(C)(=O)=O)c1ccc(C(F)(F)F)cc1. The van der Waals surface area contributed by atoms with E-state index in [9.17, 15) is 21.6 Å². The van der Waals surface area contributed by atoms with Gasteiger partial charge in [-0.15, -0.1) is 0 Å². The lowest BCUT2D eigenvalue weighted by Crippen LogP contribution is -2.24. The van der Waals surface area contributed by atoms with Crippen molar-refractivity contribution in [3.63, 3.8) is 0 Å². The Kier molecular flexibility index (Phi) is 4.39. The summed E-state index contributed by atoms with van der Waals surface area (Å²) in [4.78, 5) is 0. The lowest BCUT2D eigenvalue weighted by Gasteiger charge is -2.16. The van der Waals surface area contributed by atoms with Gasteiger partial charge in [-0.1, -0.05) is 12.1 Å². The van der Waals surface area contributed by atoms with E-state index in [4.69, 9.17) is 0 Å². The van der Waals surface area contributed by atoms with Gasteiger partial charge in [-0.05, 0) is 24.7 Å². The molecule has 0 amide bonds. The van der Waals surface area contributed by atoms with Crippen LogP contribution in [0, 0.1) is 0 Å². The van der Waals surface area contributed by atoms with Crippen LogP contribution in [-0.4, -0.2) is 27.5 Å². The third-order valence-corrected chi connectivity index (χ3v) is 3.40. The first-order valence-electron chi connectivity index (χ1n) is 5.15. The molecule has 0 fully saturated rings. The smallest absolute Gasteiger partial charge is 0.312 e. The number of hydrogen-bond acceptors (Lipinski definition) is 3. The Bertz CT molecular complexity index is 494. The van der Waals surface area contributed by atoms with E-state index in [1.807, 2.05) is 0 Å². The maximum absolute atomic E-state index is 12.4. The molecule has 0 aromatic heterocycles. The zero-order valence-electron chi connectivity index (χ0n) is 9.95. The molecular formula is C11H14F3NO2S. The molecule has 0 heterocycles. The van der Waals surface area contributed by atoms with Crippen molar-refractivity contribution in [2.24, 2.45) is 0 Å². The fourth-order valence-electron chi connectivity index (χ4n) is 1.55. The molecule has 1 unspecified atom stereocenters. The second kappa shape index (κ2) is 5.27. The van der Waals surface area contributed by atoms with Gasteiger partial charge in [-0.3, -0.25) is 0 Å². The number of benzene rings is 1. The Labute approximate surface area is 104 Å². The van der Waals surface area contributed by atoms with E-state index < -0.39 is 27.6 Å². The predicted octanol–water partition coefficient (Wildman–Crippen LogP) is 2.01. The molecule has 18 heavy (non-hydrogen) atoms. The first-order valence-corrected chi connectivity index (χ1v) is 7.21. The van der Waals surface area contributed by atoms with E-state index in [-0.39, 0.29) is 5.75 Å². The molecule has 7 heteroatoms. The van der Waals surface area contributed by atoms with Crippen molar-refractivity contribution in [1.82, 2.24) is 5.32 Å². The van der Waals surface area contributed by atoms with E-state index in [1.54, 1.807) is 7.05 Å². The summed E-state index contributed by atoms with van der Waals surface area (Å²) in [5, 5.41) is 2.77. The van der Waals surface area contributed by atoms with E-state index in [0.29, 0.717) is 5.56 Å². The highest BCUT2D eigenvalue weighted by Crippen LogP contribution is 2.30. The van der Waals surface area contributed by atoms with Gasteiger partial charge >= 0.3 is 6.18 Å². The summed E-state index contributed by atoms with van der Waals surface area (Å²) >= 11 is 0. The van der Waals surface area contributed by atoms with E-state index in [0.717, 1.165) is 18.4 Å². The zero-order chi connectivity index (χ0) is 14.0. The number of halogens is 3. The third-order valence-electron chi connectivity index (χ3n) is 2.46. The number of rotatable bonds is 4. The monoisotopic (exact) mass is 281 g/mol. The maximum atomic E-state index is 12.4. The second-order valence-corrected chi connectivity index (χ2v) is 6.24. The molecule has 0 radical (unpaired) electrons. The Balaban J connectivity index is 2.96. The van der Waals surface area contributed by atoms with Crippen molar-refractivity contribution in [3.8, 4) is 0 Å². The van der Waals surface area contributed by atoms with Crippen molar-refractivity contribution >= 4 is 9.84 Å². The van der Waals surface area contributed by atoms with E-state index in [2.05, 4.69) is 5.32 Å². The quantitative estimate of drug-likeness (QED) is 0.918. The minimum atomic E-state index is -4.38. The van der Waals surface area contributed by atoms with Crippen LogP contribution in [0.3, 0.4) is 0 Å². The van der Waals surface area contributed by atoms with E-state index >= 15 is 0 Å². The summed E-state index contributed by atoms with van der Waals surface area (Å²) in [5.41, 5.74) is -0.239. The molecule has 0 saturated heterocycles. The molecule has 1 rings (SSSR count). The molecule has 0 bridgehead atoms. The minimum absolute atomic E-state index is 0.158. The molecule has 1 aromatic carbocycles. The number of sulfone groups is 1. The van der Waals surface area contributed by atoms with Crippen molar-refractivity contribution in [1.29, 1.82) is 0 Å². The Hall–Kier alpha value is -1.08. The fourth-order valence-corrected chi connectivity index (χ4v) is 2.52. The predicted molar refractivity (Wildman–Crippen MR) is 63.0 cm³/mol. The minimum Gasteiger partial charge on any atom is -0.312 e. The lowest BCUT2D eigenvalue weighted by molar-refractivity contribution is -0.137. The molecule has 0 saturated carbocycles. The topological polar surface area (TPSA) is 46.2 Å². The van der Waals surface area contributed by atoms with Crippen LogP contribution in [-0.2, 0) is 16.0 Å². The average Bonchev–Trinajstić information content (AvgIpc) is 2.24. The Morgan fingerprint density at radius 1 is 1.22 bits per heavy atom. The molecule has 0 aliphatic carbocycles. The van der Waals surface area contributed by atoms with Gasteiger partial charge in [0.15, 0.2) is 0 Å². The van der Waals surface area contributed by atoms with Crippen LogP contribution >= 0.6 is 0 Å². The van der Waals surface area contributed by atoms with Crippen molar-refractivity contribution in [2.45, 2.75) is 12.2 Å². The molecule has 102 valence electrons. The van der Waals surface area contributed by atoms with Crippen LogP contribution in [0.2, 0.25) is 0 Å². The lowest BCUT2D eigenvalue weighted by atomic mass is 10.1. The van der Waals surface area contributed by atoms with Gasteiger partial charge in [-0.2, -0.15) is 13.2 Å². The van der Waals surface area contributed by atoms with Crippen LogP contribution in [0.15, 0.2) is 24.3 Å². The molecule has 0 aliphatic rings. The standard InChI is InChI=1S/C11H14F3NO2S/c1-15-10(7-18(2,16)17)8-3-5-9(6-4-8)11(12,13)14/h3-6,10,15H,7H2,1-2H3. The van der Waals surface area contributed by atoms with Crippen LogP contribution in [0.4, 0.5) is 13.2 Å². The first kappa shape index (κ1) is 15.0. The largest absolute Gasteiger partial charge is 0.416 e. The molecule has 1 atom stereocenters. The second-order valence-electron chi connectivity index (χ2n) is 4.05. The van der Waals surface area contributed by atoms with Crippen LogP contribution in [0.1, 0.15) is 17.2 Å².